The van der Waals surface area contributed by atoms with Gasteiger partial charge in [-0.2, -0.15) is 0 Å². The second kappa shape index (κ2) is 5.33. The normalized spacial score (nSPS) is 21.5. The second-order valence-electron chi connectivity index (χ2n) is 5.81. The standard InChI is InChI=1S/C15H18N6S/c1-9-3-11(4-17-9)19-14-7-16-5-12(20-14)13-6-18-15-21(13)8-10(2)22-15/h5-9,11,17H,3-4H2,1-2H3,(H,19,20). The van der Waals surface area contributed by atoms with Crippen molar-refractivity contribution in [1.29, 1.82) is 0 Å². The van der Waals surface area contributed by atoms with Crippen molar-refractivity contribution in [1.82, 2.24) is 24.7 Å². The van der Waals surface area contributed by atoms with Crippen molar-refractivity contribution in [3.05, 3.63) is 29.7 Å². The van der Waals surface area contributed by atoms with Crippen molar-refractivity contribution in [2.24, 2.45) is 0 Å². The number of fused-ring (bicyclic) bond motifs is 1. The minimum absolute atomic E-state index is 0.411. The van der Waals surface area contributed by atoms with Crippen LogP contribution in [-0.4, -0.2) is 38.0 Å². The van der Waals surface area contributed by atoms with Crippen molar-refractivity contribution < 1.29 is 0 Å². The summed E-state index contributed by atoms with van der Waals surface area (Å²) in [5.41, 5.74) is 1.82. The summed E-state index contributed by atoms with van der Waals surface area (Å²) in [5.74, 6) is 0.820. The van der Waals surface area contributed by atoms with Crippen LogP contribution in [0.2, 0.25) is 0 Å². The Kier molecular flexibility index (Phi) is 3.31. The van der Waals surface area contributed by atoms with Crippen molar-refractivity contribution in [3.63, 3.8) is 0 Å². The summed E-state index contributed by atoms with van der Waals surface area (Å²) < 4.78 is 2.08. The highest BCUT2D eigenvalue weighted by Gasteiger charge is 2.21. The maximum absolute atomic E-state index is 4.71. The maximum atomic E-state index is 4.71. The van der Waals surface area contributed by atoms with Gasteiger partial charge in [-0.25, -0.2) is 9.97 Å². The van der Waals surface area contributed by atoms with Gasteiger partial charge in [0, 0.05) is 29.7 Å². The van der Waals surface area contributed by atoms with Crippen LogP contribution in [0.25, 0.3) is 16.3 Å². The minimum Gasteiger partial charge on any atom is -0.365 e. The lowest BCUT2D eigenvalue weighted by Crippen LogP contribution is -2.23. The Morgan fingerprint density at radius 1 is 1.36 bits per heavy atom. The summed E-state index contributed by atoms with van der Waals surface area (Å²) >= 11 is 1.68. The summed E-state index contributed by atoms with van der Waals surface area (Å²) in [6.07, 6.45) is 8.62. The molecule has 0 aliphatic carbocycles. The van der Waals surface area contributed by atoms with E-state index in [9.17, 15) is 0 Å². The van der Waals surface area contributed by atoms with Crippen LogP contribution in [0, 0.1) is 6.92 Å². The fourth-order valence-corrected chi connectivity index (χ4v) is 3.70. The van der Waals surface area contributed by atoms with Crippen LogP contribution in [0.5, 0.6) is 0 Å². The lowest BCUT2D eigenvalue weighted by Gasteiger charge is -2.12. The zero-order valence-electron chi connectivity index (χ0n) is 12.6. The van der Waals surface area contributed by atoms with E-state index in [2.05, 4.69) is 45.0 Å². The Morgan fingerprint density at radius 3 is 3.09 bits per heavy atom. The Labute approximate surface area is 132 Å². The highest BCUT2D eigenvalue weighted by Crippen LogP contribution is 2.24. The van der Waals surface area contributed by atoms with E-state index in [4.69, 9.17) is 4.98 Å². The molecule has 0 amide bonds. The van der Waals surface area contributed by atoms with Gasteiger partial charge in [0.15, 0.2) is 4.96 Å². The van der Waals surface area contributed by atoms with E-state index < -0.39 is 0 Å². The number of hydrogen-bond donors (Lipinski definition) is 2. The number of aryl methyl sites for hydroxylation is 1. The zero-order valence-corrected chi connectivity index (χ0v) is 13.4. The summed E-state index contributed by atoms with van der Waals surface area (Å²) in [6, 6.07) is 0.963. The van der Waals surface area contributed by atoms with Gasteiger partial charge in [0.1, 0.15) is 11.5 Å². The van der Waals surface area contributed by atoms with Crippen LogP contribution < -0.4 is 10.6 Å². The van der Waals surface area contributed by atoms with Gasteiger partial charge in [-0.3, -0.25) is 9.38 Å². The molecule has 0 radical (unpaired) electrons. The van der Waals surface area contributed by atoms with Gasteiger partial charge in [0.25, 0.3) is 0 Å². The highest BCUT2D eigenvalue weighted by molar-refractivity contribution is 7.17. The summed E-state index contributed by atoms with van der Waals surface area (Å²) in [5, 5.41) is 6.90. The lowest BCUT2D eigenvalue weighted by atomic mass is 10.2. The molecule has 1 aliphatic rings. The third-order valence-corrected chi connectivity index (χ3v) is 4.84. The molecular weight excluding hydrogens is 296 g/mol. The van der Waals surface area contributed by atoms with Crippen molar-refractivity contribution in [2.75, 3.05) is 11.9 Å². The number of anilines is 1. The predicted molar refractivity (Wildman–Crippen MR) is 88.3 cm³/mol. The number of imidazole rings is 1. The Morgan fingerprint density at radius 2 is 2.27 bits per heavy atom. The minimum atomic E-state index is 0.411. The van der Waals surface area contributed by atoms with E-state index in [0.717, 1.165) is 35.1 Å². The SMILES string of the molecule is Cc1cn2c(-c3cncc(NC4CNC(C)C4)n3)cnc2s1. The molecule has 0 spiro atoms. The van der Waals surface area contributed by atoms with Gasteiger partial charge < -0.3 is 10.6 Å². The van der Waals surface area contributed by atoms with E-state index in [1.807, 2.05) is 6.20 Å². The number of aromatic nitrogens is 4. The molecule has 0 saturated carbocycles. The molecule has 7 heteroatoms. The quantitative estimate of drug-likeness (QED) is 0.776. The predicted octanol–water partition coefficient (Wildman–Crippen LogP) is 2.32. The summed E-state index contributed by atoms with van der Waals surface area (Å²) in [4.78, 5) is 15.7. The largest absolute Gasteiger partial charge is 0.365 e. The Bertz CT molecular complexity index is 807. The third kappa shape index (κ3) is 2.46. The molecule has 22 heavy (non-hydrogen) atoms. The van der Waals surface area contributed by atoms with Crippen molar-refractivity contribution in [2.45, 2.75) is 32.4 Å². The average molecular weight is 314 g/mol. The monoisotopic (exact) mass is 314 g/mol. The van der Waals surface area contributed by atoms with Crippen LogP contribution in [0.3, 0.4) is 0 Å². The second-order valence-corrected chi connectivity index (χ2v) is 7.03. The first-order valence-electron chi connectivity index (χ1n) is 7.45. The van der Waals surface area contributed by atoms with E-state index in [1.54, 1.807) is 23.7 Å². The van der Waals surface area contributed by atoms with Gasteiger partial charge in [0.2, 0.25) is 0 Å². The molecule has 0 bridgehead atoms. The molecule has 0 aromatic carbocycles. The number of nitrogens with one attached hydrogen (secondary N) is 2. The fourth-order valence-electron chi connectivity index (χ4n) is 2.90. The molecule has 3 aromatic heterocycles. The smallest absolute Gasteiger partial charge is 0.194 e. The first-order chi connectivity index (χ1) is 10.7. The van der Waals surface area contributed by atoms with E-state index in [-0.39, 0.29) is 0 Å². The Balaban J connectivity index is 1.63. The molecule has 1 aliphatic heterocycles. The fraction of sp³-hybridized carbons (Fsp3) is 0.400. The number of nitrogens with zero attached hydrogens (tertiary/aromatic N) is 4. The maximum Gasteiger partial charge on any atom is 0.194 e. The first kappa shape index (κ1) is 13.7. The zero-order chi connectivity index (χ0) is 15.1. The molecule has 4 heterocycles. The molecule has 6 nitrogen and oxygen atoms in total. The summed E-state index contributed by atoms with van der Waals surface area (Å²) in [6.45, 7) is 5.25. The highest BCUT2D eigenvalue weighted by atomic mass is 32.1. The van der Waals surface area contributed by atoms with Crippen LogP contribution in [0.4, 0.5) is 5.82 Å². The van der Waals surface area contributed by atoms with Crippen LogP contribution in [-0.2, 0) is 0 Å². The van der Waals surface area contributed by atoms with Gasteiger partial charge in [-0.05, 0) is 20.3 Å². The van der Waals surface area contributed by atoms with E-state index in [0.29, 0.717) is 12.1 Å². The molecule has 2 atom stereocenters. The molecule has 1 saturated heterocycles. The van der Waals surface area contributed by atoms with Crippen LogP contribution in [0.1, 0.15) is 18.2 Å². The first-order valence-corrected chi connectivity index (χ1v) is 8.26. The lowest BCUT2D eigenvalue weighted by molar-refractivity contribution is 0.661. The summed E-state index contributed by atoms with van der Waals surface area (Å²) in [7, 11) is 0. The van der Waals surface area contributed by atoms with Gasteiger partial charge in [-0.15, -0.1) is 11.3 Å². The topological polar surface area (TPSA) is 67.1 Å². The van der Waals surface area contributed by atoms with E-state index in [1.165, 1.54) is 4.88 Å². The van der Waals surface area contributed by atoms with Crippen molar-refractivity contribution in [3.8, 4) is 11.4 Å². The number of rotatable bonds is 3. The van der Waals surface area contributed by atoms with Gasteiger partial charge in [0.05, 0.1) is 24.3 Å². The van der Waals surface area contributed by atoms with Crippen molar-refractivity contribution >= 4 is 22.1 Å². The van der Waals surface area contributed by atoms with Crippen LogP contribution >= 0.6 is 11.3 Å². The van der Waals surface area contributed by atoms with Gasteiger partial charge >= 0.3 is 0 Å². The molecule has 2 N–H and O–H groups in total. The van der Waals surface area contributed by atoms with Gasteiger partial charge in [-0.1, -0.05) is 0 Å². The molecule has 4 rings (SSSR count). The molecular formula is C15H18N6S. The molecule has 2 unspecified atom stereocenters. The third-order valence-electron chi connectivity index (χ3n) is 3.93. The van der Waals surface area contributed by atoms with E-state index >= 15 is 0 Å². The molecule has 3 aromatic rings. The average Bonchev–Trinajstić information content (AvgIpc) is 3.15. The molecule has 1 fully saturated rings. The number of hydrogen-bond acceptors (Lipinski definition) is 6. The van der Waals surface area contributed by atoms with Crippen LogP contribution in [0.15, 0.2) is 24.8 Å². The molecule has 114 valence electrons. The Hall–Kier alpha value is -1.99. The number of thiazole rings is 1.